The van der Waals surface area contributed by atoms with Gasteiger partial charge in [0.05, 0.1) is 50.5 Å². The number of anilines is 2. The lowest BCUT2D eigenvalue weighted by Gasteiger charge is -2.39. The highest BCUT2D eigenvalue weighted by Crippen LogP contribution is 2.38. The number of fused-ring (bicyclic) bond motifs is 1. The molecule has 1 aliphatic carbocycles. The molecule has 2 aromatic carbocycles. The van der Waals surface area contributed by atoms with Gasteiger partial charge in [0.1, 0.15) is 11.5 Å². The Kier molecular flexibility index (Phi) is 7.16. The molecule has 3 heterocycles. The fraction of sp³-hybridized carbons (Fsp3) is 0.400. The lowest BCUT2D eigenvalue weighted by atomic mass is 9.81. The van der Waals surface area contributed by atoms with E-state index >= 15 is 0 Å². The number of methoxy groups -OCH3 is 2. The molecule has 2 fully saturated rings. The van der Waals surface area contributed by atoms with E-state index in [1.807, 2.05) is 47.1 Å². The first-order valence-electron chi connectivity index (χ1n) is 13.5. The van der Waals surface area contributed by atoms with Crippen molar-refractivity contribution in [2.24, 2.45) is 0 Å². The molecule has 0 unspecified atom stereocenters. The summed E-state index contributed by atoms with van der Waals surface area (Å²) in [6.07, 6.45) is 6.72. The van der Waals surface area contributed by atoms with Crippen LogP contribution in [0.2, 0.25) is 0 Å². The normalized spacial score (nSPS) is 20.4. The number of morpholine rings is 1. The average molecular weight is 514 g/mol. The van der Waals surface area contributed by atoms with Crippen molar-refractivity contribution < 1.29 is 14.2 Å². The number of ether oxygens (including phenoxy) is 3. The second-order valence-corrected chi connectivity index (χ2v) is 10.1. The van der Waals surface area contributed by atoms with Crippen molar-refractivity contribution in [1.82, 2.24) is 19.5 Å². The maximum atomic E-state index is 5.80. The van der Waals surface area contributed by atoms with Crippen molar-refractivity contribution >= 4 is 17.2 Å². The number of rotatable bonds is 7. The van der Waals surface area contributed by atoms with Gasteiger partial charge in [0.2, 0.25) is 5.95 Å². The Labute approximate surface area is 223 Å². The fourth-order valence-corrected chi connectivity index (χ4v) is 5.92. The van der Waals surface area contributed by atoms with Gasteiger partial charge in [-0.1, -0.05) is 18.2 Å². The van der Waals surface area contributed by atoms with Crippen molar-refractivity contribution in [2.75, 3.05) is 45.8 Å². The van der Waals surface area contributed by atoms with Crippen LogP contribution < -0.4 is 14.8 Å². The van der Waals surface area contributed by atoms with Crippen LogP contribution in [-0.2, 0) is 4.74 Å². The Balaban J connectivity index is 1.19. The average Bonchev–Trinajstić information content (AvgIpc) is 3.41. The summed E-state index contributed by atoms with van der Waals surface area (Å²) in [7, 11) is 3.40. The van der Waals surface area contributed by atoms with Gasteiger partial charge in [-0.3, -0.25) is 4.90 Å². The predicted molar refractivity (Wildman–Crippen MR) is 149 cm³/mol. The van der Waals surface area contributed by atoms with Gasteiger partial charge in [-0.15, -0.1) is 5.10 Å². The highest BCUT2D eigenvalue weighted by Gasteiger charge is 2.28. The molecular formula is C30H35N5O3. The second kappa shape index (κ2) is 11.0. The van der Waals surface area contributed by atoms with E-state index in [0.717, 1.165) is 60.3 Å². The van der Waals surface area contributed by atoms with Crippen LogP contribution in [-0.4, -0.2) is 66.1 Å². The number of nitrogens with one attached hydrogen (secondary N) is 1. The number of nitrogens with zero attached hydrogens (tertiary/aromatic N) is 4. The predicted octanol–water partition coefficient (Wildman–Crippen LogP) is 5.52. The molecule has 2 aromatic heterocycles. The smallest absolute Gasteiger partial charge is 0.245 e. The van der Waals surface area contributed by atoms with E-state index in [1.54, 1.807) is 14.2 Å². The molecule has 0 radical (unpaired) electrons. The molecule has 2 aliphatic rings. The number of benzene rings is 2. The molecule has 0 amide bonds. The lowest BCUT2D eigenvalue weighted by Crippen LogP contribution is -2.44. The molecule has 38 heavy (non-hydrogen) atoms. The number of hydrogen-bond acceptors (Lipinski definition) is 7. The Morgan fingerprint density at radius 2 is 1.68 bits per heavy atom. The van der Waals surface area contributed by atoms with Crippen LogP contribution in [0.15, 0.2) is 60.8 Å². The SMILES string of the molecule is COc1cc(C2CCC(N3CCOCC3)CC2)ccc1Nc1ncc2ccc(-c3ccccc3OC)n2n1. The second-order valence-electron chi connectivity index (χ2n) is 10.1. The number of aromatic nitrogens is 3. The van der Waals surface area contributed by atoms with Gasteiger partial charge < -0.3 is 19.5 Å². The van der Waals surface area contributed by atoms with Gasteiger partial charge in [-0.25, -0.2) is 9.50 Å². The van der Waals surface area contributed by atoms with Gasteiger partial charge in [0.15, 0.2) is 0 Å². The highest BCUT2D eigenvalue weighted by molar-refractivity contribution is 5.72. The molecule has 8 nitrogen and oxygen atoms in total. The van der Waals surface area contributed by atoms with Crippen LogP contribution in [0, 0.1) is 0 Å². The summed E-state index contributed by atoms with van der Waals surface area (Å²) < 4.78 is 18.8. The summed E-state index contributed by atoms with van der Waals surface area (Å²) in [5, 5.41) is 8.17. The largest absolute Gasteiger partial charge is 0.496 e. The molecule has 0 atom stereocenters. The first-order valence-corrected chi connectivity index (χ1v) is 13.5. The van der Waals surface area contributed by atoms with E-state index in [4.69, 9.17) is 19.3 Å². The monoisotopic (exact) mass is 513 g/mol. The van der Waals surface area contributed by atoms with Crippen LogP contribution in [0.25, 0.3) is 16.8 Å². The zero-order valence-electron chi connectivity index (χ0n) is 22.1. The third kappa shape index (κ3) is 4.93. The maximum absolute atomic E-state index is 5.80. The topological polar surface area (TPSA) is 73.2 Å². The van der Waals surface area contributed by atoms with E-state index in [2.05, 4.69) is 33.4 Å². The van der Waals surface area contributed by atoms with Crippen molar-refractivity contribution in [1.29, 1.82) is 0 Å². The zero-order valence-corrected chi connectivity index (χ0v) is 22.1. The van der Waals surface area contributed by atoms with Gasteiger partial charge in [0, 0.05) is 24.7 Å². The van der Waals surface area contributed by atoms with E-state index in [1.165, 1.54) is 31.2 Å². The standard InChI is InChI=1S/C30H35N5O3/c1-36-28-6-4-3-5-25(28)27-14-12-24-20-31-30(33-35(24)27)32-26-13-9-22(19-29(26)37-2)21-7-10-23(11-8-21)34-15-17-38-18-16-34/h3-6,9,12-14,19-21,23H,7-8,10-11,15-18H2,1-2H3,(H,32,33). The summed E-state index contributed by atoms with van der Waals surface area (Å²) >= 11 is 0. The molecule has 4 aromatic rings. The van der Waals surface area contributed by atoms with Gasteiger partial charge in [-0.2, -0.15) is 0 Å². The molecule has 0 bridgehead atoms. The molecule has 1 saturated carbocycles. The van der Waals surface area contributed by atoms with E-state index in [-0.39, 0.29) is 0 Å². The Morgan fingerprint density at radius 3 is 2.47 bits per heavy atom. The zero-order chi connectivity index (χ0) is 25.9. The van der Waals surface area contributed by atoms with E-state index < -0.39 is 0 Å². The highest BCUT2D eigenvalue weighted by atomic mass is 16.5. The summed E-state index contributed by atoms with van der Waals surface area (Å²) in [6.45, 7) is 3.88. The minimum atomic E-state index is 0.502. The molecule has 1 saturated heterocycles. The first kappa shape index (κ1) is 24.7. The van der Waals surface area contributed by atoms with E-state index in [9.17, 15) is 0 Å². The van der Waals surface area contributed by atoms with Crippen LogP contribution in [0.4, 0.5) is 11.6 Å². The van der Waals surface area contributed by atoms with Crippen LogP contribution in [0.5, 0.6) is 11.5 Å². The minimum Gasteiger partial charge on any atom is -0.496 e. The molecule has 6 rings (SSSR count). The number of para-hydroxylation sites is 1. The van der Waals surface area contributed by atoms with Gasteiger partial charge >= 0.3 is 0 Å². The summed E-state index contributed by atoms with van der Waals surface area (Å²) in [5.74, 6) is 2.67. The lowest BCUT2D eigenvalue weighted by molar-refractivity contribution is 0.00729. The molecule has 1 aliphatic heterocycles. The molecule has 0 spiro atoms. The van der Waals surface area contributed by atoms with Crippen LogP contribution >= 0.6 is 0 Å². The number of hydrogen-bond donors (Lipinski definition) is 1. The minimum absolute atomic E-state index is 0.502. The van der Waals surface area contributed by atoms with Gasteiger partial charge in [-0.05, 0) is 73.6 Å². The van der Waals surface area contributed by atoms with Crippen molar-refractivity contribution in [3.63, 3.8) is 0 Å². The summed E-state index contributed by atoms with van der Waals surface area (Å²) in [5.41, 5.74) is 5.02. The van der Waals surface area contributed by atoms with Crippen LogP contribution in [0.3, 0.4) is 0 Å². The summed E-state index contributed by atoms with van der Waals surface area (Å²) in [4.78, 5) is 7.17. The van der Waals surface area contributed by atoms with E-state index in [0.29, 0.717) is 17.9 Å². The van der Waals surface area contributed by atoms with Crippen molar-refractivity contribution in [2.45, 2.75) is 37.6 Å². The summed E-state index contributed by atoms with van der Waals surface area (Å²) in [6, 6.07) is 19.2. The molecule has 198 valence electrons. The Bertz CT molecular complexity index is 1390. The molecular weight excluding hydrogens is 478 g/mol. The van der Waals surface area contributed by atoms with Crippen molar-refractivity contribution in [3.8, 4) is 22.8 Å². The van der Waals surface area contributed by atoms with Crippen LogP contribution in [0.1, 0.15) is 37.2 Å². The fourth-order valence-electron chi connectivity index (χ4n) is 5.92. The Morgan fingerprint density at radius 1 is 0.895 bits per heavy atom. The first-order chi connectivity index (χ1) is 18.7. The molecule has 1 N–H and O–H groups in total. The third-order valence-corrected chi connectivity index (χ3v) is 7.98. The Hall–Kier alpha value is -3.62. The van der Waals surface area contributed by atoms with Crippen molar-refractivity contribution in [3.05, 3.63) is 66.4 Å². The third-order valence-electron chi connectivity index (χ3n) is 7.98. The van der Waals surface area contributed by atoms with Gasteiger partial charge in [0.25, 0.3) is 0 Å². The molecule has 8 heteroatoms. The quantitative estimate of drug-likeness (QED) is 0.349. The maximum Gasteiger partial charge on any atom is 0.245 e.